The second-order valence-electron chi connectivity index (χ2n) is 4.31. The van der Waals surface area contributed by atoms with Crippen molar-refractivity contribution in [2.75, 3.05) is 13.7 Å². The van der Waals surface area contributed by atoms with Crippen molar-refractivity contribution in [3.8, 4) is 0 Å². The van der Waals surface area contributed by atoms with Gasteiger partial charge in [0.2, 0.25) is 5.06 Å². The standard InChI is InChI=1S/C10H17ClO8.5Ac/c1-18-9(17)10(11)2-4(13)6(15)8(19-10)7(16)5(14)3-12;;;;;/h4-8,12-16H,2-3H2,1H3;;;;;/t4-,5?,6+,7?,8?,10-;;;;;/m0...../s1. The van der Waals surface area contributed by atoms with Crippen molar-refractivity contribution < 1.29 is 260 Å². The largest absolute Gasteiger partial charge is 0.466 e. The Bertz CT molecular complexity index is 344. The van der Waals surface area contributed by atoms with Gasteiger partial charge in [0.25, 0.3) is 0 Å². The Morgan fingerprint density at radius 3 is 2.08 bits per heavy atom. The van der Waals surface area contributed by atoms with E-state index in [2.05, 4.69) is 4.74 Å². The Balaban J connectivity index is -0.000000241. The summed E-state index contributed by atoms with van der Waals surface area (Å²) >= 11 is 5.85. The van der Waals surface area contributed by atoms with E-state index in [1.165, 1.54) is 0 Å². The second-order valence-corrected chi connectivity index (χ2v) is 4.92. The first-order valence-electron chi connectivity index (χ1n) is 5.55. The fraction of sp³-hybridized carbons (Fsp3) is 0.900. The van der Waals surface area contributed by atoms with Gasteiger partial charge in [-0.3, -0.25) is 0 Å². The number of carbonyl (C=O) groups is 1. The molecule has 0 aromatic carbocycles. The SMILES string of the molecule is COC(=O)[C@]1(Cl)C[C@H](O)[C@@H](O)C(C(O)C(O)CO)O1.[Ac].[Ac].[Ac].[Ac].[Ac]. The van der Waals surface area contributed by atoms with Crippen molar-refractivity contribution in [3.63, 3.8) is 0 Å². The van der Waals surface area contributed by atoms with Crippen LogP contribution in [0.2, 0.25) is 0 Å². The van der Waals surface area contributed by atoms with Crippen LogP contribution in [0, 0.1) is 220 Å². The summed E-state index contributed by atoms with van der Waals surface area (Å²) in [5.41, 5.74) is 0. The van der Waals surface area contributed by atoms with Gasteiger partial charge in [-0.1, -0.05) is 11.6 Å². The number of hydrogen-bond donors (Lipinski definition) is 5. The van der Waals surface area contributed by atoms with Crippen LogP contribution < -0.4 is 0 Å². The third-order valence-corrected chi connectivity index (χ3v) is 3.33. The molecule has 6 atom stereocenters. The van der Waals surface area contributed by atoms with E-state index in [0.717, 1.165) is 7.11 Å². The van der Waals surface area contributed by atoms with Crippen molar-refractivity contribution in [1.82, 2.24) is 0 Å². The molecule has 5 N–H and O–H groups in total. The van der Waals surface area contributed by atoms with Crippen LogP contribution in [0.25, 0.3) is 0 Å². The molecule has 0 amide bonds. The maximum Gasteiger partial charge on any atom is 0.354 e. The van der Waals surface area contributed by atoms with Gasteiger partial charge >= 0.3 is 5.97 Å². The fourth-order valence-corrected chi connectivity index (χ4v) is 2.16. The first-order chi connectivity index (χ1) is 8.76. The van der Waals surface area contributed by atoms with Gasteiger partial charge in [0, 0.05) is 227 Å². The van der Waals surface area contributed by atoms with E-state index < -0.39 is 54.6 Å². The van der Waals surface area contributed by atoms with E-state index >= 15 is 0 Å². The second kappa shape index (κ2) is 20.3. The van der Waals surface area contributed by atoms with Gasteiger partial charge in [0.1, 0.15) is 24.4 Å². The topological polar surface area (TPSA) is 137 Å². The normalized spacial score (nSPS) is 30.5. The predicted octanol–water partition coefficient (Wildman–Crippen LogP) is -2.68. The molecule has 5 radical (unpaired) electrons. The molecular weight excluding hydrogens is 1420 g/mol. The molecule has 1 aliphatic heterocycles. The minimum atomic E-state index is -2.08. The number of hydrogen-bond acceptors (Lipinski definition) is 8. The summed E-state index contributed by atoms with van der Waals surface area (Å²) in [6.07, 6.45) is -8.40. The summed E-state index contributed by atoms with van der Waals surface area (Å²) in [4.78, 5) is 11.5. The zero-order chi connectivity index (χ0) is 14.8. The van der Waals surface area contributed by atoms with Gasteiger partial charge in [-0.2, -0.15) is 0 Å². The number of ether oxygens (including phenoxy) is 2. The van der Waals surface area contributed by atoms with E-state index in [9.17, 15) is 25.2 Å². The number of aliphatic hydroxyl groups is 5. The third-order valence-electron chi connectivity index (χ3n) is 2.93. The van der Waals surface area contributed by atoms with Gasteiger partial charge < -0.3 is 35.0 Å². The summed E-state index contributed by atoms with van der Waals surface area (Å²) in [5.74, 6) is -1.00. The number of esters is 1. The molecule has 1 fully saturated rings. The Labute approximate surface area is 324 Å². The minimum absolute atomic E-state index is 0. The number of rotatable bonds is 4. The van der Waals surface area contributed by atoms with E-state index in [4.69, 9.17) is 21.4 Å². The average Bonchev–Trinajstić information content (AvgIpc) is 2.40. The van der Waals surface area contributed by atoms with Gasteiger partial charge in [0.15, 0.2) is 0 Å². The molecule has 0 saturated carbocycles. The van der Waals surface area contributed by atoms with Crippen molar-refractivity contribution in [3.05, 3.63) is 0 Å². The van der Waals surface area contributed by atoms with E-state index in [1.54, 1.807) is 0 Å². The van der Waals surface area contributed by atoms with Crippen LogP contribution >= 0.6 is 11.6 Å². The average molecular weight is 1440 g/mol. The molecule has 1 heterocycles. The number of carbonyl (C=O) groups excluding carboxylic acids is 1. The third kappa shape index (κ3) is 12.1. The van der Waals surface area contributed by atoms with Crippen LogP contribution in [0.3, 0.4) is 0 Å². The quantitative estimate of drug-likeness (QED) is 0.152. The molecule has 3 unspecified atom stereocenters. The van der Waals surface area contributed by atoms with Crippen molar-refractivity contribution in [2.24, 2.45) is 0 Å². The maximum absolute atomic E-state index is 11.5. The van der Waals surface area contributed by atoms with Crippen molar-refractivity contribution in [2.45, 2.75) is 42.0 Å². The van der Waals surface area contributed by atoms with Crippen molar-refractivity contribution in [1.29, 1.82) is 0 Å². The van der Waals surface area contributed by atoms with Crippen LogP contribution in [-0.2, 0) is 14.3 Å². The van der Waals surface area contributed by atoms with Crippen LogP contribution in [0.4, 0.5) is 0 Å². The van der Waals surface area contributed by atoms with Crippen molar-refractivity contribution >= 4 is 17.6 Å². The monoisotopic (exact) mass is 1440 g/mol. The Hall–Kier alpha value is 6.73. The van der Waals surface area contributed by atoms with Crippen LogP contribution in [0.1, 0.15) is 6.42 Å². The molecule has 24 heavy (non-hydrogen) atoms. The molecule has 8 nitrogen and oxygen atoms in total. The number of alkyl halides is 1. The molecule has 1 aliphatic rings. The summed E-state index contributed by atoms with van der Waals surface area (Å²) < 4.78 is 9.46. The predicted molar refractivity (Wildman–Crippen MR) is 61.2 cm³/mol. The van der Waals surface area contributed by atoms with Crippen LogP contribution in [-0.4, -0.2) is 80.8 Å². The smallest absolute Gasteiger partial charge is 0.354 e. The zero-order valence-electron chi connectivity index (χ0n) is 13.0. The summed E-state index contributed by atoms with van der Waals surface area (Å²) in [6, 6.07) is 0. The molecule has 0 bridgehead atoms. The maximum atomic E-state index is 11.5. The molecule has 14 heteroatoms. The van der Waals surface area contributed by atoms with Crippen LogP contribution in [0.15, 0.2) is 0 Å². The summed E-state index contributed by atoms with van der Waals surface area (Å²) in [7, 11) is 1.06. The van der Waals surface area contributed by atoms with Gasteiger partial charge in [-0.05, 0) is 0 Å². The number of halogens is 1. The molecule has 1 rings (SSSR count). The Kier molecular flexibility index (Phi) is 34.8. The zero-order valence-corrected chi connectivity index (χ0v) is 37.5. The molecule has 0 aromatic heterocycles. The molecule has 0 spiro atoms. The van der Waals surface area contributed by atoms with Gasteiger partial charge in [0.05, 0.1) is 19.8 Å². The number of methoxy groups -OCH3 is 1. The Morgan fingerprint density at radius 1 is 1.25 bits per heavy atom. The first kappa shape index (κ1) is 41.0. The number of aliphatic hydroxyl groups excluding tert-OH is 5. The van der Waals surface area contributed by atoms with E-state index in [-0.39, 0.29) is 220 Å². The molecule has 127 valence electrons. The summed E-state index contributed by atoms with van der Waals surface area (Å²) in [5, 5.41) is 45.0. The van der Waals surface area contributed by atoms with Crippen LogP contribution in [0.5, 0.6) is 0 Å². The van der Waals surface area contributed by atoms with E-state index in [0.29, 0.717) is 0 Å². The minimum Gasteiger partial charge on any atom is -0.466 e. The fourth-order valence-electron chi connectivity index (χ4n) is 1.82. The Morgan fingerprint density at radius 2 is 1.71 bits per heavy atom. The van der Waals surface area contributed by atoms with E-state index in [1.807, 2.05) is 0 Å². The van der Waals surface area contributed by atoms with Gasteiger partial charge in [-0.15, -0.1) is 0 Å². The first-order valence-corrected chi connectivity index (χ1v) is 5.93. The molecule has 1 saturated heterocycles. The molecule has 0 aromatic rings. The molecule has 0 aliphatic carbocycles. The summed E-state index contributed by atoms with van der Waals surface area (Å²) in [6.45, 7) is -0.794. The molecular formula is C10H17Ac5ClO8. The van der Waals surface area contributed by atoms with Gasteiger partial charge in [-0.25, -0.2) is 4.79 Å².